The number of para-hydroxylation sites is 1. The summed E-state index contributed by atoms with van der Waals surface area (Å²) in [5, 5.41) is 9.92. The van der Waals surface area contributed by atoms with E-state index in [4.69, 9.17) is 19.9 Å². The second-order valence-electron chi connectivity index (χ2n) is 6.74. The SMILES string of the molecule is C=CCOC(=O)C1=C(C)N(CC(=O)OCC)C(=O)C12C(C#N)=C(N)Oc1ccccc12. The molecular weight excluding hydrogens is 402 g/mol. The maximum Gasteiger partial charge on any atom is 0.337 e. The van der Waals surface area contributed by atoms with E-state index in [1.165, 1.54) is 13.0 Å². The van der Waals surface area contributed by atoms with Gasteiger partial charge in [0.05, 0.1) is 12.2 Å². The summed E-state index contributed by atoms with van der Waals surface area (Å²) in [4.78, 5) is 40.3. The summed E-state index contributed by atoms with van der Waals surface area (Å²) in [7, 11) is 0. The van der Waals surface area contributed by atoms with E-state index in [1.807, 2.05) is 6.07 Å². The Labute approximate surface area is 179 Å². The van der Waals surface area contributed by atoms with Crippen LogP contribution in [0.15, 0.2) is 59.6 Å². The number of rotatable bonds is 6. The molecule has 0 fully saturated rings. The molecule has 2 N–H and O–H groups in total. The Hall–Kier alpha value is -4.06. The van der Waals surface area contributed by atoms with Gasteiger partial charge in [-0.3, -0.25) is 9.59 Å². The van der Waals surface area contributed by atoms with Crippen LogP contribution in [0.1, 0.15) is 19.4 Å². The second kappa shape index (κ2) is 8.36. The number of ether oxygens (including phenoxy) is 3. The molecule has 0 saturated carbocycles. The molecule has 1 amide bonds. The lowest BCUT2D eigenvalue weighted by Gasteiger charge is -2.35. The van der Waals surface area contributed by atoms with E-state index in [0.29, 0.717) is 0 Å². The first-order chi connectivity index (χ1) is 14.8. The molecule has 3 rings (SSSR count). The first-order valence-electron chi connectivity index (χ1n) is 9.49. The average molecular weight is 423 g/mol. The van der Waals surface area contributed by atoms with Crippen LogP contribution in [-0.4, -0.2) is 42.5 Å². The van der Waals surface area contributed by atoms with E-state index < -0.39 is 29.8 Å². The number of esters is 2. The van der Waals surface area contributed by atoms with E-state index in [2.05, 4.69) is 6.58 Å². The molecule has 9 heteroatoms. The van der Waals surface area contributed by atoms with Gasteiger partial charge in [0.25, 0.3) is 0 Å². The molecule has 160 valence electrons. The van der Waals surface area contributed by atoms with E-state index >= 15 is 0 Å². The minimum Gasteiger partial charge on any atom is -0.465 e. The Bertz CT molecular complexity index is 1080. The lowest BCUT2D eigenvalue weighted by atomic mass is 9.68. The topological polar surface area (TPSA) is 132 Å². The highest BCUT2D eigenvalue weighted by atomic mass is 16.5. The summed E-state index contributed by atoms with van der Waals surface area (Å²) < 4.78 is 15.8. The molecule has 0 saturated heterocycles. The van der Waals surface area contributed by atoms with Crippen LogP contribution in [0.5, 0.6) is 5.75 Å². The fourth-order valence-electron chi connectivity index (χ4n) is 3.88. The number of allylic oxidation sites excluding steroid dienone is 1. The number of nitrogens with two attached hydrogens (primary N) is 1. The molecule has 1 spiro atoms. The van der Waals surface area contributed by atoms with Crippen molar-refractivity contribution in [2.75, 3.05) is 19.8 Å². The van der Waals surface area contributed by atoms with Gasteiger partial charge in [-0.15, -0.1) is 0 Å². The van der Waals surface area contributed by atoms with E-state index in [-0.39, 0.29) is 47.3 Å². The summed E-state index contributed by atoms with van der Waals surface area (Å²) in [6, 6.07) is 8.37. The van der Waals surface area contributed by atoms with Crippen molar-refractivity contribution in [3.8, 4) is 11.8 Å². The predicted molar refractivity (Wildman–Crippen MR) is 108 cm³/mol. The highest BCUT2D eigenvalue weighted by Gasteiger charge is 2.62. The van der Waals surface area contributed by atoms with Crippen molar-refractivity contribution >= 4 is 17.8 Å². The van der Waals surface area contributed by atoms with Crippen LogP contribution in [0.25, 0.3) is 0 Å². The van der Waals surface area contributed by atoms with Gasteiger partial charge in [0, 0.05) is 11.3 Å². The standard InChI is InChI=1S/C22H21N3O6/c1-4-10-30-20(27)18-13(3)25(12-17(26)29-5-2)21(28)22(18)14-8-6-7-9-16(14)31-19(24)15(22)11-23/h4,6-9H,1,5,10,12,24H2,2-3H3. The molecule has 0 aliphatic carbocycles. The molecular formula is C22H21N3O6. The van der Waals surface area contributed by atoms with E-state index in [9.17, 15) is 19.6 Å². The van der Waals surface area contributed by atoms with Crippen LogP contribution >= 0.6 is 0 Å². The number of benzene rings is 1. The maximum absolute atomic E-state index is 13.9. The minimum atomic E-state index is -1.91. The zero-order valence-corrected chi connectivity index (χ0v) is 17.1. The number of hydrogen-bond acceptors (Lipinski definition) is 8. The van der Waals surface area contributed by atoms with E-state index in [0.717, 1.165) is 4.90 Å². The number of amides is 1. The Kier molecular flexibility index (Phi) is 5.83. The van der Waals surface area contributed by atoms with Crippen molar-refractivity contribution in [3.05, 3.63) is 65.2 Å². The number of hydrogen-bond donors (Lipinski definition) is 1. The zero-order chi connectivity index (χ0) is 22.8. The van der Waals surface area contributed by atoms with Crippen LogP contribution in [0.3, 0.4) is 0 Å². The third kappa shape index (κ3) is 3.22. The van der Waals surface area contributed by atoms with Crippen molar-refractivity contribution in [2.24, 2.45) is 5.73 Å². The molecule has 1 aromatic carbocycles. The maximum atomic E-state index is 13.9. The minimum absolute atomic E-state index is 0.112. The van der Waals surface area contributed by atoms with Crippen molar-refractivity contribution in [3.63, 3.8) is 0 Å². The third-order valence-electron chi connectivity index (χ3n) is 5.08. The second-order valence-corrected chi connectivity index (χ2v) is 6.74. The van der Waals surface area contributed by atoms with Crippen molar-refractivity contribution in [1.29, 1.82) is 5.26 Å². The average Bonchev–Trinajstić information content (AvgIpc) is 2.95. The van der Waals surface area contributed by atoms with Crippen LogP contribution in [0.4, 0.5) is 0 Å². The van der Waals surface area contributed by atoms with Gasteiger partial charge in [-0.25, -0.2) is 4.79 Å². The van der Waals surface area contributed by atoms with Crippen LogP contribution in [0, 0.1) is 11.3 Å². The molecule has 0 aromatic heterocycles. The highest BCUT2D eigenvalue weighted by Crippen LogP contribution is 2.53. The van der Waals surface area contributed by atoms with Gasteiger partial charge in [-0.2, -0.15) is 5.26 Å². The van der Waals surface area contributed by atoms with Gasteiger partial charge in [-0.05, 0) is 19.9 Å². The lowest BCUT2D eigenvalue weighted by Crippen LogP contribution is -2.48. The number of carbonyl (C=O) groups is 3. The Balaban J connectivity index is 2.31. The van der Waals surface area contributed by atoms with Crippen LogP contribution in [0.2, 0.25) is 0 Å². The molecule has 0 bridgehead atoms. The lowest BCUT2D eigenvalue weighted by molar-refractivity contribution is -0.148. The molecule has 2 heterocycles. The molecule has 0 radical (unpaired) electrons. The molecule has 2 aliphatic rings. The monoisotopic (exact) mass is 423 g/mol. The summed E-state index contributed by atoms with van der Waals surface area (Å²) in [6.45, 7) is 6.22. The van der Waals surface area contributed by atoms with Gasteiger partial charge >= 0.3 is 11.9 Å². The largest absolute Gasteiger partial charge is 0.465 e. The van der Waals surface area contributed by atoms with E-state index in [1.54, 1.807) is 31.2 Å². The molecule has 31 heavy (non-hydrogen) atoms. The number of nitriles is 1. The van der Waals surface area contributed by atoms with Gasteiger partial charge in [0.2, 0.25) is 11.8 Å². The fraction of sp³-hybridized carbons (Fsp3) is 0.273. The van der Waals surface area contributed by atoms with Crippen molar-refractivity contribution in [2.45, 2.75) is 19.3 Å². The summed E-state index contributed by atoms with van der Waals surface area (Å²) in [5.41, 5.74) is 4.13. The molecule has 1 unspecified atom stereocenters. The summed E-state index contributed by atoms with van der Waals surface area (Å²) in [6.07, 6.45) is 1.38. The van der Waals surface area contributed by atoms with Gasteiger partial charge in [-0.1, -0.05) is 30.9 Å². The van der Waals surface area contributed by atoms with Crippen molar-refractivity contribution in [1.82, 2.24) is 4.90 Å². The summed E-state index contributed by atoms with van der Waals surface area (Å²) >= 11 is 0. The Morgan fingerprint density at radius 3 is 2.71 bits per heavy atom. The van der Waals surface area contributed by atoms with Gasteiger partial charge < -0.3 is 24.8 Å². The smallest absolute Gasteiger partial charge is 0.337 e. The number of fused-ring (bicyclic) bond motifs is 2. The number of carbonyl (C=O) groups excluding carboxylic acids is 3. The first-order valence-corrected chi connectivity index (χ1v) is 9.49. The predicted octanol–water partition coefficient (Wildman–Crippen LogP) is 1.42. The van der Waals surface area contributed by atoms with Gasteiger partial charge in [0.1, 0.15) is 30.5 Å². The quantitative estimate of drug-likeness (QED) is 0.537. The highest BCUT2D eigenvalue weighted by molar-refractivity contribution is 6.13. The molecule has 1 atom stereocenters. The first kappa shape index (κ1) is 21.6. The third-order valence-corrected chi connectivity index (χ3v) is 5.08. The van der Waals surface area contributed by atoms with Crippen molar-refractivity contribution < 1.29 is 28.6 Å². The normalized spacial score (nSPS) is 19.6. The number of nitrogens with zero attached hydrogens (tertiary/aromatic N) is 2. The molecule has 9 nitrogen and oxygen atoms in total. The summed E-state index contributed by atoms with van der Waals surface area (Å²) in [5.74, 6) is -2.29. The van der Waals surface area contributed by atoms with Crippen LogP contribution in [-0.2, 0) is 29.3 Å². The van der Waals surface area contributed by atoms with Gasteiger partial charge in [0.15, 0.2) is 5.41 Å². The van der Waals surface area contributed by atoms with Crippen LogP contribution < -0.4 is 10.5 Å². The molecule has 2 aliphatic heterocycles. The zero-order valence-electron chi connectivity index (χ0n) is 17.1. The fourth-order valence-corrected chi connectivity index (χ4v) is 3.88. The Morgan fingerprint density at radius 2 is 2.06 bits per heavy atom. The molecule has 1 aromatic rings. The Morgan fingerprint density at radius 1 is 1.35 bits per heavy atom.